The molecule has 1 atom stereocenters. The molecule has 4 nitrogen and oxygen atoms in total. The summed E-state index contributed by atoms with van der Waals surface area (Å²) in [6.07, 6.45) is 11.2. The second kappa shape index (κ2) is 16.1. The Balaban J connectivity index is 0.000000735. The first-order valence-electron chi connectivity index (χ1n) is 10.1. The summed E-state index contributed by atoms with van der Waals surface area (Å²) >= 11 is 0. The molecule has 0 heterocycles. The third kappa shape index (κ3) is 10.1. The number of methoxy groups -OCH3 is 3. The maximum absolute atomic E-state index is 5.50. The lowest BCUT2D eigenvalue weighted by atomic mass is 9.93. The van der Waals surface area contributed by atoms with E-state index in [-0.39, 0.29) is 0 Å². The number of nitrogen functional groups attached to an aromatic ring is 1. The van der Waals surface area contributed by atoms with Crippen LogP contribution in [0.1, 0.15) is 71.6 Å². The fraction of sp³-hybridized carbons (Fsp3) is 0.727. The summed E-state index contributed by atoms with van der Waals surface area (Å²) < 4.78 is 16.5. The van der Waals surface area contributed by atoms with Gasteiger partial charge in [-0.05, 0) is 25.0 Å². The van der Waals surface area contributed by atoms with Crippen molar-refractivity contribution in [2.45, 2.75) is 77.6 Å². The van der Waals surface area contributed by atoms with Gasteiger partial charge in [0, 0.05) is 32.9 Å². The van der Waals surface area contributed by atoms with Crippen LogP contribution in [0.25, 0.3) is 0 Å². The monoisotopic (exact) mass is 367 g/mol. The number of unbranched alkanes of at least 4 members (excludes halogenated alkanes) is 5. The number of nitrogens with two attached hydrogens (primary N) is 1. The minimum Gasteiger partial charge on any atom is -0.399 e. The normalized spacial score (nSPS) is 12.3. The van der Waals surface area contributed by atoms with Crippen LogP contribution in [0.15, 0.2) is 30.3 Å². The van der Waals surface area contributed by atoms with E-state index in [9.17, 15) is 0 Å². The van der Waals surface area contributed by atoms with E-state index in [1.54, 1.807) is 21.3 Å². The number of ether oxygens (including phenoxy) is 3. The number of hydrogen-bond acceptors (Lipinski definition) is 4. The zero-order chi connectivity index (χ0) is 19.7. The van der Waals surface area contributed by atoms with Crippen molar-refractivity contribution in [3.63, 3.8) is 0 Å². The quantitative estimate of drug-likeness (QED) is 0.263. The Kier molecular flexibility index (Phi) is 15.4. The van der Waals surface area contributed by atoms with Crippen molar-refractivity contribution in [3.8, 4) is 0 Å². The van der Waals surface area contributed by atoms with E-state index in [0.29, 0.717) is 5.92 Å². The summed E-state index contributed by atoms with van der Waals surface area (Å²) in [4.78, 5) is 0. The van der Waals surface area contributed by atoms with Crippen molar-refractivity contribution in [2.24, 2.45) is 5.92 Å². The van der Waals surface area contributed by atoms with Gasteiger partial charge in [0.25, 0.3) is 5.97 Å². The summed E-state index contributed by atoms with van der Waals surface area (Å²) in [5.74, 6) is -0.553. The number of rotatable bonds is 13. The van der Waals surface area contributed by atoms with Crippen LogP contribution in [0, 0.1) is 5.92 Å². The molecule has 1 unspecified atom stereocenters. The molecule has 152 valence electrons. The molecule has 0 saturated carbocycles. The predicted molar refractivity (Wildman–Crippen MR) is 111 cm³/mol. The van der Waals surface area contributed by atoms with E-state index >= 15 is 0 Å². The Hall–Kier alpha value is -1.10. The predicted octanol–water partition coefficient (Wildman–Crippen LogP) is 6.02. The van der Waals surface area contributed by atoms with Crippen LogP contribution in [-0.4, -0.2) is 27.3 Å². The van der Waals surface area contributed by atoms with Crippen molar-refractivity contribution in [1.29, 1.82) is 0 Å². The van der Waals surface area contributed by atoms with Gasteiger partial charge in [0.1, 0.15) is 0 Å². The molecule has 0 radical (unpaired) electrons. The second-order valence-corrected chi connectivity index (χ2v) is 6.67. The van der Waals surface area contributed by atoms with Gasteiger partial charge >= 0.3 is 0 Å². The fourth-order valence-corrected chi connectivity index (χ4v) is 3.22. The molecule has 26 heavy (non-hydrogen) atoms. The molecule has 1 aromatic rings. The number of anilines is 1. The summed E-state index contributed by atoms with van der Waals surface area (Å²) in [7, 11) is 4.99. The molecule has 0 aliphatic rings. The molecule has 2 N–H and O–H groups in total. The molecule has 1 rings (SSSR count). The largest absolute Gasteiger partial charge is 0.399 e. The van der Waals surface area contributed by atoms with Gasteiger partial charge in [-0.15, -0.1) is 0 Å². The van der Waals surface area contributed by atoms with Crippen LogP contribution in [-0.2, 0) is 14.2 Å². The Morgan fingerprint density at radius 2 is 1.31 bits per heavy atom. The van der Waals surface area contributed by atoms with Gasteiger partial charge in [-0.25, -0.2) is 0 Å². The third-order valence-electron chi connectivity index (χ3n) is 4.70. The van der Waals surface area contributed by atoms with E-state index in [1.165, 1.54) is 38.5 Å². The molecule has 0 spiro atoms. The van der Waals surface area contributed by atoms with Crippen LogP contribution < -0.4 is 5.73 Å². The molecule has 0 amide bonds. The Morgan fingerprint density at radius 1 is 0.769 bits per heavy atom. The minimum absolute atomic E-state index is 0.309. The van der Waals surface area contributed by atoms with Crippen molar-refractivity contribution < 1.29 is 14.2 Å². The zero-order valence-corrected chi connectivity index (χ0v) is 17.6. The van der Waals surface area contributed by atoms with Crippen molar-refractivity contribution in [1.82, 2.24) is 0 Å². The molecule has 0 aliphatic heterocycles. The molecule has 0 aromatic heterocycles. The average Bonchev–Trinajstić information content (AvgIpc) is 2.67. The van der Waals surface area contributed by atoms with Gasteiger partial charge < -0.3 is 19.9 Å². The summed E-state index contributed by atoms with van der Waals surface area (Å²) in [6, 6.07) is 9.49. The molecular formula is C22H41NO3. The van der Waals surface area contributed by atoms with E-state index in [0.717, 1.165) is 24.9 Å². The third-order valence-corrected chi connectivity index (χ3v) is 4.70. The fourth-order valence-electron chi connectivity index (χ4n) is 3.22. The molecular weight excluding hydrogens is 326 g/mol. The Bertz CT molecular complexity index is 399. The summed E-state index contributed by atoms with van der Waals surface area (Å²) in [6.45, 7) is 4.45. The van der Waals surface area contributed by atoms with Crippen LogP contribution in [0.4, 0.5) is 5.69 Å². The molecule has 0 fully saturated rings. The Morgan fingerprint density at radius 3 is 1.73 bits per heavy atom. The summed E-state index contributed by atoms with van der Waals surface area (Å²) in [5, 5.41) is 0. The lowest BCUT2D eigenvalue weighted by Gasteiger charge is -2.36. The van der Waals surface area contributed by atoms with E-state index < -0.39 is 5.97 Å². The topological polar surface area (TPSA) is 53.7 Å². The molecule has 0 aliphatic carbocycles. The standard InChI is InChI=1S/C16H34O3.C6H7N/c1-6-8-9-10-11-12-14-15(13-7-2)16(17-3,18-4)19-5;7-6-4-2-1-3-5-6/h15H,6-14H2,1-5H3;1-5H,7H2. The van der Waals surface area contributed by atoms with E-state index in [4.69, 9.17) is 19.9 Å². The first-order chi connectivity index (χ1) is 12.6. The van der Waals surface area contributed by atoms with Gasteiger partial charge in [0.15, 0.2) is 0 Å². The van der Waals surface area contributed by atoms with Crippen molar-refractivity contribution in [3.05, 3.63) is 30.3 Å². The highest BCUT2D eigenvalue weighted by Gasteiger charge is 2.38. The molecule has 4 heteroatoms. The maximum atomic E-state index is 5.50. The smallest absolute Gasteiger partial charge is 0.285 e. The average molecular weight is 368 g/mol. The molecule has 1 aromatic carbocycles. The maximum Gasteiger partial charge on any atom is 0.285 e. The number of benzene rings is 1. The highest BCUT2D eigenvalue weighted by molar-refractivity contribution is 5.35. The second-order valence-electron chi connectivity index (χ2n) is 6.67. The number of hydrogen-bond donors (Lipinski definition) is 1. The molecule has 0 saturated heterocycles. The van der Waals surface area contributed by atoms with Gasteiger partial charge in [0.05, 0.1) is 0 Å². The van der Waals surface area contributed by atoms with Crippen LogP contribution in [0.2, 0.25) is 0 Å². The van der Waals surface area contributed by atoms with Crippen molar-refractivity contribution >= 4 is 5.69 Å². The molecule has 0 bridgehead atoms. The van der Waals surface area contributed by atoms with Crippen LogP contribution in [0.3, 0.4) is 0 Å². The van der Waals surface area contributed by atoms with Gasteiger partial charge in [-0.2, -0.15) is 0 Å². The first kappa shape index (κ1) is 24.9. The highest BCUT2D eigenvalue weighted by atomic mass is 16.9. The van der Waals surface area contributed by atoms with Gasteiger partial charge in [-0.1, -0.05) is 77.0 Å². The first-order valence-corrected chi connectivity index (χ1v) is 10.1. The van der Waals surface area contributed by atoms with E-state index in [1.807, 2.05) is 30.3 Å². The highest BCUT2D eigenvalue weighted by Crippen LogP contribution is 2.32. The zero-order valence-electron chi connectivity index (χ0n) is 17.6. The van der Waals surface area contributed by atoms with Gasteiger partial charge in [-0.3, -0.25) is 0 Å². The van der Waals surface area contributed by atoms with Crippen molar-refractivity contribution in [2.75, 3.05) is 27.1 Å². The summed E-state index contributed by atoms with van der Waals surface area (Å²) in [5.41, 5.74) is 6.18. The van der Waals surface area contributed by atoms with Crippen LogP contribution in [0.5, 0.6) is 0 Å². The number of para-hydroxylation sites is 1. The van der Waals surface area contributed by atoms with Crippen LogP contribution >= 0.6 is 0 Å². The minimum atomic E-state index is -0.862. The lowest BCUT2D eigenvalue weighted by molar-refractivity contribution is -0.380. The SMILES string of the molecule is CCCCCCCCC(CCC)C(OC)(OC)OC.Nc1ccccc1. The van der Waals surface area contributed by atoms with E-state index in [2.05, 4.69) is 13.8 Å². The Labute approximate surface area is 161 Å². The van der Waals surface area contributed by atoms with Gasteiger partial charge in [0.2, 0.25) is 0 Å². The lowest BCUT2D eigenvalue weighted by Crippen LogP contribution is -2.44.